The minimum absolute atomic E-state index is 0.158. The Morgan fingerprint density at radius 3 is 2.36 bits per heavy atom. The van der Waals surface area contributed by atoms with E-state index in [0.29, 0.717) is 12.1 Å². The fourth-order valence-corrected chi connectivity index (χ4v) is 3.60. The van der Waals surface area contributed by atoms with E-state index in [4.69, 9.17) is 4.74 Å². The van der Waals surface area contributed by atoms with Gasteiger partial charge in [0.1, 0.15) is 23.1 Å². The first kappa shape index (κ1) is 18.0. The van der Waals surface area contributed by atoms with Crippen LogP contribution in [0.1, 0.15) is 30.0 Å². The number of aldehydes is 1. The summed E-state index contributed by atoms with van der Waals surface area (Å²) in [4.78, 5) is 22.3. The third kappa shape index (κ3) is 3.17. The third-order valence-electron chi connectivity index (χ3n) is 4.86. The predicted molar refractivity (Wildman–Crippen MR) is 110 cm³/mol. The molecule has 0 spiro atoms. The van der Waals surface area contributed by atoms with Crippen LogP contribution >= 0.6 is 0 Å². The summed E-state index contributed by atoms with van der Waals surface area (Å²) in [5.74, 6) is 3.20. The summed E-state index contributed by atoms with van der Waals surface area (Å²) in [6.07, 6.45) is 0.682. The van der Waals surface area contributed by atoms with Crippen molar-refractivity contribution in [3.05, 3.63) is 66.0 Å². The predicted octanol–water partition coefficient (Wildman–Crippen LogP) is 4.55. The zero-order chi connectivity index (χ0) is 19.7. The van der Waals surface area contributed by atoms with Gasteiger partial charge < -0.3 is 15.0 Å². The lowest BCUT2D eigenvalue weighted by Crippen LogP contribution is -2.25. The van der Waals surface area contributed by atoms with Gasteiger partial charge in [0.25, 0.3) is 0 Å². The molecule has 0 fully saturated rings. The van der Waals surface area contributed by atoms with E-state index in [1.807, 2.05) is 61.6 Å². The summed E-state index contributed by atoms with van der Waals surface area (Å²) >= 11 is 0. The van der Waals surface area contributed by atoms with E-state index in [2.05, 4.69) is 34.0 Å². The van der Waals surface area contributed by atoms with Gasteiger partial charge in [-0.05, 0) is 36.4 Å². The van der Waals surface area contributed by atoms with Crippen molar-refractivity contribution >= 4 is 23.6 Å². The standard InChI is InChI=1S/C22H22N4O2/c1-22(2)14-26(21-19(22)20(23-3)24-18(13-27)25-21)15-9-11-17(12-10-15)28-16-7-5-4-6-8-16/h4-13H,14H2,1-3H3,(H,23,24,25). The number of hydrogen-bond acceptors (Lipinski definition) is 6. The fraction of sp³-hybridized carbons (Fsp3) is 0.227. The van der Waals surface area contributed by atoms with Crippen LogP contribution in [0.25, 0.3) is 0 Å². The molecule has 0 aliphatic carbocycles. The van der Waals surface area contributed by atoms with Gasteiger partial charge in [-0.2, -0.15) is 0 Å². The molecule has 1 N–H and O–H groups in total. The van der Waals surface area contributed by atoms with E-state index in [1.165, 1.54) is 0 Å². The number of ether oxygens (including phenoxy) is 1. The zero-order valence-electron chi connectivity index (χ0n) is 16.1. The highest BCUT2D eigenvalue weighted by Crippen LogP contribution is 2.46. The van der Waals surface area contributed by atoms with Crippen LogP contribution in [-0.2, 0) is 5.41 Å². The van der Waals surface area contributed by atoms with Gasteiger partial charge in [0.2, 0.25) is 0 Å². The first-order valence-corrected chi connectivity index (χ1v) is 9.18. The molecule has 0 saturated carbocycles. The maximum atomic E-state index is 11.3. The lowest BCUT2D eigenvalue weighted by molar-refractivity contribution is 0.111. The highest BCUT2D eigenvalue weighted by Gasteiger charge is 2.40. The van der Waals surface area contributed by atoms with E-state index in [1.54, 1.807) is 0 Å². The highest BCUT2D eigenvalue weighted by molar-refractivity contribution is 5.79. The molecule has 0 bridgehead atoms. The molecule has 0 atom stereocenters. The molecule has 4 rings (SSSR count). The Hall–Kier alpha value is -3.41. The quantitative estimate of drug-likeness (QED) is 0.661. The van der Waals surface area contributed by atoms with Gasteiger partial charge in [-0.25, -0.2) is 9.97 Å². The Bertz CT molecular complexity index is 1000. The van der Waals surface area contributed by atoms with E-state index >= 15 is 0 Å². The van der Waals surface area contributed by atoms with Crippen molar-refractivity contribution < 1.29 is 9.53 Å². The number of fused-ring (bicyclic) bond motifs is 1. The number of carbonyl (C=O) groups excluding carboxylic acids is 1. The average molecular weight is 374 g/mol. The maximum Gasteiger partial charge on any atom is 0.196 e. The smallest absolute Gasteiger partial charge is 0.196 e. The van der Waals surface area contributed by atoms with Crippen LogP contribution in [0.15, 0.2) is 54.6 Å². The molecular weight excluding hydrogens is 352 g/mol. The molecule has 2 heterocycles. The van der Waals surface area contributed by atoms with Crippen molar-refractivity contribution in [2.45, 2.75) is 19.3 Å². The summed E-state index contributed by atoms with van der Waals surface area (Å²) in [6.45, 7) is 5.06. The second-order valence-electron chi connectivity index (χ2n) is 7.38. The van der Waals surface area contributed by atoms with Gasteiger partial charge in [-0.15, -0.1) is 0 Å². The Kier molecular flexibility index (Phi) is 4.47. The Morgan fingerprint density at radius 1 is 1.04 bits per heavy atom. The fourth-order valence-electron chi connectivity index (χ4n) is 3.60. The Balaban J connectivity index is 1.68. The zero-order valence-corrected chi connectivity index (χ0v) is 16.1. The first-order valence-electron chi connectivity index (χ1n) is 9.18. The molecular formula is C22H22N4O2. The molecule has 1 aromatic heterocycles. The van der Waals surface area contributed by atoms with Gasteiger partial charge in [0.15, 0.2) is 12.1 Å². The summed E-state index contributed by atoms with van der Waals surface area (Å²) in [5, 5.41) is 3.11. The third-order valence-corrected chi connectivity index (χ3v) is 4.86. The number of rotatable bonds is 5. The van der Waals surface area contributed by atoms with Crippen LogP contribution < -0.4 is 15.0 Å². The van der Waals surface area contributed by atoms with Crippen molar-refractivity contribution in [3.63, 3.8) is 0 Å². The number of para-hydroxylation sites is 1. The Labute approximate surface area is 164 Å². The molecule has 142 valence electrons. The summed E-state index contributed by atoms with van der Waals surface area (Å²) < 4.78 is 5.88. The Morgan fingerprint density at radius 2 is 1.71 bits per heavy atom. The molecule has 6 heteroatoms. The van der Waals surface area contributed by atoms with Crippen LogP contribution in [0.4, 0.5) is 17.3 Å². The topological polar surface area (TPSA) is 67.4 Å². The average Bonchev–Trinajstić information content (AvgIpc) is 2.99. The SMILES string of the molecule is CNc1nc(C=O)nc2c1C(C)(C)CN2c1ccc(Oc2ccccc2)cc1. The molecule has 28 heavy (non-hydrogen) atoms. The van der Waals surface area contributed by atoms with Gasteiger partial charge in [0.05, 0.1) is 0 Å². The van der Waals surface area contributed by atoms with Gasteiger partial charge in [-0.1, -0.05) is 32.0 Å². The van der Waals surface area contributed by atoms with Crippen molar-refractivity contribution in [2.75, 3.05) is 23.8 Å². The van der Waals surface area contributed by atoms with Crippen molar-refractivity contribution in [1.82, 2.24) is 9.97 Å². The number of anilines is 3. The minimum atomic E-state index is -0.158. The van der Waals surface area contributed by atoms with Crippen LogP contribution in [0.2, 0.25) is 0 Å². The number of nitrogens with zero attached hydrogens (tertiary/aromatic N) is 3. The lowest BCUT2D eigenvalue weighted by atomic mass is 9.88. The molecule has 0 amide bonds. The van der Waals surface area contributed by atoms with Crippen LogP contribution in [0.3, 0.4) is 0 Å². The number of aromatic nitrogens is 2. The molecule has 6 nitrogen and oxygen atoms in total. The number of benzene rings is 2. The minimum Gasteiger partial charge on any atom is -0.457 e. The number of nitrogens with one attached hydrogen (secondary N) is 1. The first-order chi connectivity index (χ1) is 13.5. The second-order valence-corrected chi connectivity index (χ2v) is 7.38. The summed E-state index contributed by atoms with van der Waals surface area (Å²) in [6, 6.07) is 17.6. The van der Waals surface area contributed by atoms with E-state index in [0.717, 1.165) is 35.1 Å². The van der Waals surface area contributed by atoms with E-state index in [9.17, 15) is 4.79 Å². The van der Waals surface area contributed by atoms with Crippen LogP contribution in [0, 0.1) is 0 Å². The van der Waals surface area contributed by atoms with Crippen molar-refractivity contribution in [1.29, 1.82) is 0 Å². The van der Waals surface area contributed by atoms with E-state index in [-0.39, 0.29) is 11.2 Å². The number of hydrogen-bond donors (Lipinski definition) is 1. The van der Waals surface area contributed by atoms with E-state index < -0.39 is 0 Å². The lowest BCUT2D eigenvalue weighted by Gasteiger charge is -2.22. The number of carbonyl (C=O) groups is 1. The molecule has 0 saturated heterocycles. The normalized spacial score (nSPS) is 14.5. The molecule has 0 unspecified atom stereocenters. The molecule has 1 aliphatic heterocycles. The largest absolute Gasteiger partial charge is 0.457 e. The van der Waals surface area contributed by atoms with Crippen LogP contribution in [-0.4, -0.2) is 29.8 Å². The van der Waals surface area contributed by atoms with Crippen molar-refractivity contribution in [2.24, 2.45) is 0 Å². The summed E-state index contributed by atoms with van der Waals surface area (Å²) in [7, 11) is 1.81. The van der Waals surface area contributed by atoms with Crippen molar-refractivity contribution in [3.8, 4) is 11.5 Å². The van der Waals surface area contributed by atoms with Gasteiger partial charge in [0, 0.05) is 30.3 Å². The molecule has 1 aliphatic rings. The maximum absolute atomic E-state index is 11.3. The van der Waals surface area contributed by atoms with Gasteiger partial charge in [-0.3, -0.25) is 4.79 Å². The van der Waals surface area contributed by atoms with Gasteiger partial charge >= 0.3 is 0 Å². The molecule has 0 radical (unpaired) electrons. The summed E-state index contributed by atoms with van der Waals surface area (Å²) in [5.41, 5.74) is 1.85. The molecule has 3 aromatic rings. The molecule has 2 aromatic carbocycles. The monoisotopic (exact) mass is 374 g/mol. The second kappa shape index (κ2) is 6.96. The highest BCUT2D eigenvalue weighted by atomic mass is 16.5. The van der Waals surface area contributed by atoms with Crippen LogP contribution in [0.5, 0.6) is 11.5 Å².